The molecule has 1 aromatic heterocycles. The molecule has 4 heterocycles. The number of carbonyl (C=O) groups is 4. The zero-order valence-electron chi connectivity index (χ0n) is 21.9. The lowest BCUT2D eigenvalue weighted by Gasteiger charge is -2.47. The molecule has 38 heavy (non-hydrogen) atoms. The van der Waals surface area contributed by atoms with Crippen LogP contribution in [-0.2, 0) is 21.4 Å². The molecule has 3 aliphatic rings. The predicted octanol–water partition coefficient (Wildman–Crippen LogP) is 1.06. The number of pyridine rings is 1. The van der Waals surface area contributed by atoms with Gasteiger partial charge >= 0.3 is 5.97 Å². The topological polar surface area (TPSA) is 158 Å². The summed E-state index contributed by atoms with van der Waals surface area (Å²) in [5.41, 5.74) is -0.451. The maximum atomic E-state index is 13.0. The number of aromatic hydroxyl groups is 1. The quantitative estimate of drug-likeness (QED) is 0.315. The number of β-lactam (4-membered cyclic amide) rings is 1. The van der Waals surface area contributed by atoms with Gasteiger partial charge in [-0.05, 0) is 12.3 Å². The number of aryl methyl sites for hydroxylation is 1. The number of nitrogens with zero attached hydrogens (tertiary/aromatic N) is 2. The molecule has 0 saturated carbocycles. The zero-order valence-corrected chi connectivity index (χ0v) is 22.7. The van der Waals surface area contributed by atoms with Crippen LogP contribution in [0.5, 0.6) is 5.75 Å². The van der Waals surface area contributed by atoms with Crippen LogP contribution in [-0.4, -0.2) is 73.7 Å². The van der Waals surface area contributed by atoms with E-state index in [-0.39, 0.29) is 58.2 Å². The highest BCUT2D eigenvalue weighted by atomic mass is 32.2. The molecule has 2 saturated heterocycles. The largest absolute Gasteiger partial charge is 0.503 e. The van der Waals surface area contributed by atoms with E-state index in [1.54, 1.807) is 14.0 Å². The number of nitrogens with one attached hydrogen (secondary N) is 2. The number of rotatable bonds is 10. The van der Waals surface area contributed by atoms with Crippen LogP contribution in [0.25, 0.3) is 0 Å². The van der Waals surface area contributed by atoms with Gasteiger partial charge in [-0.15, -0.1) is 11.8 Å². The minimum absolute atomic E-state index is 0.0489. The van der Waals surface area contributed by atoms with Crippen molar-refractivity contribution < 1.29 is 29.4 Å². The Morgan fingerprint density at radius 1 is 1.29 bits per heavy atom. The Hall–Kier alpha value is -3.12. The molecule has 0 bridgehead atoms. The summed E-state index contributed by atoms with van der Waals surface area (Å²) < 4.78 is 1.38. The number of hydrogen-bond acceptors (Lipinski definition) is 8. The van der Waals surface area contributed by atoms with E-state index < -0.39 is 23.1 Å². The summed E-state index contributed by atoms with van der Waals surface area (Å²) in [6, 6.07) is 0.782. The molecular formula is C26H34N4O7S. The molecule has 4 rings (SSSR count). The lowest BCUT2D eigenvalue weighted by atomic mass is 9.73. The number of ketones is 1. The van der Waals surface area contributed by atoms with E-state index in [1.165, 1.54) is 27.4 Å². The number of fused-ring (bicyclic) bond motifs is 1. The van der Waals surface area contributed by atoms with E-state index in [4.69, 9.17) is 0 Å². The zero-order chi connectivity index (χ0) is 27.9. The summed E-state index contributed by atoms with van der Waals surface area (Å²) in [6.45, 7) is 6.55. The first-order valence-electron chi connectivity index (χ1n) is 12.8. The molecule has 0 aromatic carbocycles. The number of aliphatic carboxylic acids is 1. The average molecular weight is 547 g/mol. The van der Waals surface area contributed by atoms with E-state index in [1.807, 2.05) is 13.8 Å². The van der Waals surface area contributed by atoms with Crippen molar-refractivity contribution in [2.75, 3.05) is 13.1 Å². The molecule has 0 aliphatic carbocycles. The second-order valence-electron chi connectivity index (χ2n) is 10.4. The van der Waals surface area contributed by atoms with Gasteiger partial charge in [-0.1, -0.05) is 20.8 Å². The summed E-state index contributed by atoms with van der Waals surface area (Å²) in [4.78, 5) is 63.5. The van der Waals surface area contributed by atoms with Crippen molar-refractivity contribution in [1.29, 1.82) is 0 Å². The van der Waals surface area contributed by atoms with Crippen molar-refractivity contribution in [2.45, 2.75) is 57.4 Å². The minimum Gasteiger partial charge on any atom is -0.503 e. The molecule has 2 fully saturated rings. The summed E-state index contributed by atoms with van der Waals surface area (Å²) >= 11 is 1.47. The van der Waals surface area contributed by atoms with Gasteiger partial charge in [0.1, 0.15) is 17.2 Å². The fourth-order valence-electron chi connectivity index (χ4n) is 5.75. The number of hydrogen-bond donors (Lipinski definition) is 4. The van der Waals surface area contributed by atoms with Gasteiger partial charge in [0.15, 0.2) is 5.75 Å². The van der Waals surface area contributed by atoms with Crippen LogP contribution in [0, 0.1) is 17.8 Å². The summed E-state index contributed by atoms with van der Waals surface area (Å²) in [7, 11) is 1.56. The monoisotopic (exact) mass is 546 g/mol. The van der Waals surface area contributed by atoms with Gasteiger partial charge in [-0.3, -0.25) is 19.2 Å². The van der Waals surface area contributed by atoms with Crippen LogP contribution in [0.1, 0.15) is 50.5 Å². The predicted molar refractivity (Wildman–Crippen MR) is 140 cm³/mol. The second-order valence-corrected chi connectivity index (χ2v) is 11.8. The molecule has 0 unspecified atom stereocenters. The number of thioether (sulfide) groups is 1. The van der Waals surface area contributed by atoms with Gasteiger partial charge in [0.2, 0.25) is 11.3 Å². The highest BCUT2D eigenvalue weighted by Gasteiger charge is 2.60. The Morgan fingerprint density at radius 2 is 2.00 bits per heavy atom. The number of amides is 2. The first kappa shape index (κ1) is 27.9. The maximum Gasteiger partial charge on any atom is 0.353 e. The minimum atomic E-state index is -1.12. The Kier molecular flexibility index (Phi) is 8.03. The van der Waals surface area contributed by atoms with Crippen LogP contribution < -0.4 is 16.1 Å². The molecule has 12 heteroatoms. The molecule has 206 valence electrons. The third-order valence-electron chi connectivity index (χ3n) is 7.78. The lowest BCUT2D eigenvalue weighted by Crippen LogP contribution is -2.62. The van der Waals surface area contributed by atoms with Gasteiger partial charge in [-0.2, -0.15) is 0 Å². The van der Waals surface area contributed by atoms with E-state index in [0.717, 1.165) is 6.07 Å². The first-order chi connectivity index (χ1) is 17.9. The molecule has 11 nitrogen and oxygen atoms in total. The van der Waals surface area contributed by atoms with Gasteiger partial charge in [-0.25, -0.2) is 4.79 Å². The Labute approximate surface area is 224 Å². The van der Waals surface area contributed by atoms with Gasteiger partial charge in [0.05, 0.1) is 18.2 Å². The van der Waals surface area contributed by atoms with Crippen molar-refractivity contribution in [3.8, 4) is 5.75 Å². The third kappa shape index (κ3) is 5.11. The van der Waals surface area contributed by atoms with Crippen molar-refractivity contribution in [2.24, 2.45) is 24.8 Å². The highest BCUT2D eigenvalue weighted by Crippen LogP contribution is 2.53. The normalized spacial score (nSPS) is 27.2. The fourth-order valence-corrected chi connectivity index (χ4v) is 7.27. The molecule has 6 atom stereocenters. The molecule has 0 spiro atoms. The van der Waals surface area contributed by atoms with E-state index in [0.29, 0.717) is 37.3 Å². The van der Waals surface area contributed by atoms with Gasteiger partial charge in [0, 0.05) is 61.2 Å². The molecular weight excluding hydrogens is 512 g/mol. The smallest absolute Gasteiger partial charge is 0.353 e. The number of aromatic nitrogens is 1. The van der Waals surface area contributed by atoms with Crippen molar-refractivity contribution in [3.63, 3.8) is 0 Å². The van der Waals surface area contributed by atoms with Gasteiger partial charge < -0.3 is 30.3 Å². The summed E-state index contributed by atoms with van der Waals surface area (Å²) in [5.74, 6) is -2.78. The summed E-state index contributed by atoms with van der Waals surface area (Å²) in [6.07, 6.45) is 2.59. The number of carboxylic acids is 1. The number of carbonyl (C=O) groups excluding carboxylic acids is 3. The van der Waals surface area contributed by atoms with E-state index in [9.17, 15) is 34.2 Å². The Balaban J connectivity index is 1.38. The number of carboxylic acid groups (broad SMARTS) is 1. The lowest BCUT2D eigenvalue weighted by molar-refractivity contribution is -0.160. The second kappa shape index (κ2) is 10.9. The number of Topliss-reactive ketones (excluding diaryl/α,β-unsaturated/α-hetero) is 1. The SMILES string of the molecule is CCC(=O)C[C@H](C)[C@H]1C(=O)N2C(C(=O)O)=C(S[C@@H]3CN[C@H](CNC(=O)c4cc(=O)c(O)cn4C)C3)[C@H](C)[C@H]12. The maximum absolute atomic E-state index is 13.0. The Bertz CT molecular complexity index is 1260. The average Bonchev–Trinajstić information content (AvgIpc) is 3.40. The molecule has 3 aliphatic heterocycles. The van der Waals surface area contributed by atoms with Crippen LogP contribution in [0.3, 0.4) is 0 Å². The molecule has 4 N–H and O–H groups in total. The van der Waals surface area contributed by atoms with Crippen molar-refractivity contribution >= 4 is 35.3 Å². The van der Waals surface area contributed by atoms with E-state index in [2.05, 4.69) is 10.6 Å². The molecule has 2 amide bonds. The molecule has 1 aromatic rings. The molecule has 0 radical (unpaired) electrons. The van der Waals surface area contributed by atoms with Crippen LogP contribution in [0.15, 0.2) is 27.7 Å². The fraction of sp³-hybridized carbons (Fsp3) is 0.577. The highest BCUT2D eigenvalue weighted by molar-refractivity contribution is 8.03. The Morgan fingerprint density at radius 3 is 2.66 bits per heavy atom. The van der Waals surface area contributed by atoms with Crippen molar-refractivity contribution in [1.82, 2.24) is 20.1 Å². The summed E-state index contributed by atoms with van der Waals surface area (Å²) in [5, 5.41) is 25.7. The van der Waals surface area contributed by atoms with E-state index >= 15 is 0 Å². The third-order valence-corrected chi connectivity index (χ3v) is 9.29. The van der Waals surface area contributed by atoms with Crippen LogP contribution in [0.2, 0.25) is 0 Å². The van der Waals surface area contributed by atoms with Gasteiger partial charge in [0.25, 0.3) is 5.91 Å². The van der Waals surface area contributed by atoms with Crippen LogP contribution in [0.4, 0.5) is 0 Å². The van der Waals surface area contributed by atoms with Crippen LogP contribution >= 0.6 is 11.8 Å². The van der Waals surface area contributed by atoms with Crippen molar-refractivity contribution in [3.05, 3.63) is 38.8 Å². The standard InChI is InChI=1S/C26H34N4O7S/c1-5-15(31)6-12(2)20-21-13(3)23(22(26(36)37)30(21)25(20)35)38-16-7-14(27-10-16)9-28-24(34)17-8-18(32)19(33)11-29(17)4/h8,11-14,16,20-21,27,33H,5-7,9-10H2,1-4H3,(H,28,34)(H,36,37)/t12-,13+,14-,16-,20+,21+/m0/s1. The first-order valence-corrected chi connectivity index (χ1v) is 13.7.